The third-order valence-electron chi connectivity index (χ3n) is 4.33. The lowest BCUT2D eigenvalue weighted by atomic mass is 9.77. The van der Waals surface area contributed by atoms with Gasteiger partial charge in [0, 0.05) is 6.42 Å². The predicted octanol–water partition coefficient (Wildman–Crippen LogP) is 3.31. The maximum Gasteiger partial charge on any atom is 0.337 e. The van der Waals surface area contributed by atoms with Crippen molar-refractivity contribution in [3.05, 3.63) is 35.4 Å². The van der Waals surface area contributed by atoms with E-state index in [0.29, 0.717) is 23.8 Å². The van der Waals surface area contributed by atoms with Crippen LogP contribution in [0, 0.1) is 5.92 Å². The van der Waals surface area contributed by atoms with Gasteiger partial charge in [-0.2, -0.15) is 0 Å². The lowest BCUT2D eigenvalue weighted by molar-refractivity contribution is -0.142. The molecule has 0 amide bonds. The van der Waals surface area contributed by atoms with E-state index in [1.807, 2.05) is 24.3 Å². The third-order valence-corrected chi connectivity index (χ3v) is 4.33. The van der Waals surface area contributed by atoms with Gasteiger partial charge < -0.3 is 9.47 Å². The van der Waals surface area contributed by atoms with Gasteiger partial charge in [0.25, 0.3) is 0 Å². The molecule has 1 aliphatic rings. The van der Waals surface area contributed by atoms with E-state index in [0.717, 1.165) is 25.7 Å². The van der Waals surface area contributed by atoms with Crippen LogP contribution in [0.15, 0.2) is 24.3 Å². The minimum atomic E-state index is -0.302. The van der Waals surface area contributed by atoms with E-state index in [-0.39, 0.29) is 11.9 Å². The zero-order valence-corrected chi connectivity index (χ0v) is 12.6. The minimum Gasteiger partial charge on any atom is -0.469 e. The highest BCUT2D eigenvalue weighted by molar-refractivity contribution is 5.89. The Morgan fingerprint density at radius 3 is 2.14 bits per heavy atom. The first-order valence-corrected chi connectivity index (χ1v) is 7.39. The number of hydrogen-bond donors (Lipinski definition) is 0. The average Bonchev–Trinajstić information content (AvgIpc) is 2.55. The zero-order chi connectivity index (χ0) is 15.2. The van der Waals surface area contributed by atoms with Gasteiger partial charge in [0.1, 0.15) is 0 Å². The summed E-state index contributed by atoms with van der Waals surface area (Å²) < 4.78 is 9.43. The smallest absolute Gasteiger partial charge is 0.337 e. The molecule has 1 aromatic rings. The van der Waals surface area contributed by atoms with Crippen molar-refractivity contribution in [1.29, 1.82) is 0 Å². The van der Waals surface area contributed by atoms with Crippen molar-refractivity contribution in [2.24, 2.45) is 5.92 Å². The molecule has 1 fully saturated rings. The van der Waals surface area contributed by atoms with Crippen LogP contribution in [-0.4, -0.2) is 26.2 Å². The summed E-state index contributed by atoms with van der Waals surface area (Å²) in [6, 6.07) is 7.67. The van der Waals surface area contributed by atoms with E-state index in [9.17, 15) is 9.59 Å². The summed E-state index contributed by atoms with van der Waals surface area (Å²) in [6.45, 7) is 0. The van der Waals surface area contributed by atoms with Crippen molar-refractivity contribution in [1.82, 2.24) is 0 Å². The lowest BCUT2D eigenvalue weighted by Gasteiger charge is -2.28. The molecule has 1 aliphatic carbocycles. The highest BCUT2D eigenvalue weighted by Crippen LogP contribution is 2.37. The summed E-state index contributed by atoms with van der Waals surface area (Å²) in [4.78, 5) is 22.7. The first-order chi connectivity index (χ1) is 10.1. The molecule has 0 bridgehead atoms. The Labute approximate surface area is 125 Å². The maximum atomic E-state index is 11.4. The maximum absolute atomic E-state index is 11.4. The average molecular weight is 290 g/mol. The van der Waals surface area contributed by atoms with Gasteiger partial charge in [-0.15, -0.1) is 0 Å². The summed E-state index contributed by atoms with van der Waals surface area (Å²) >= 11 is 0. The molecule has 1 aromatic carbocycles. The summed E-state index contributed by atoms with van der Waals surface area (Å²) in [5.74, 6) is 0.554. The van der Waals surface area contributed by atoms with Crippen LogP contribution in [0.25, 0.3) is 0 Å². The van der Waals surface area contributed by atoms with Crippen LogP contribution in [0.3, 0.4) is 0 Å². The van der Waals surface area contributed by atoms with Gasteiger partial charge in [-0.05, 0) is 55.2 Å². The van der Waals surface area contributed by atoms with E-state index in [4.69, 9.17) is 9.47 Å². The Morgan fingerprint density at radius 2 is 1.62 bits per heavy atom. The molecule has 2 rings (SSSR count). The Hall–Kier alpha value is -1.84. The molecule has 4 nitrogen and oxygen atoms in total. The monoisotopic (exact) mass is 290 g/mol. The molecular formula is C17H22O4. The van der Waals surface area contributed by atoms with Crippen LogP contribution in [0.5, 0.6) is 0 Å². The Morgan fingerprint density at radius 1 is 1.00 bits per heavy atom. The molecule has 1 saturated carbocycles. The Bertz CT molecular complexity index is 484. The summed E-state index contributed by atoms with van der Waals surface area (Å²) in [5, 5.41) is 0. The molecule has 0 heterocycles. The number of carbonyl (C=O) groups is 2. The molecule has 0 aliphatic heterocycles. The SMILES string of the molecule is COC(=O)CC1CCC(c2ccc(C(=O)OC)cc2)CC1. The van der Waals surface area contributed by atoms with E-state index in [1.165, 1.54) is 19.8 Å². The van der Waals surface area contributed by atoms with Gasteiger partial charge in [-0.25, -0.2) is 4.79 Å². The third kappa shape index (κ3) is 4.06. The number of carbonyl (C=O) groups excluding carboxylic acids is 2. The van der Waals surface area contributed by atoms with Gasteiger partial charge in [-0.3, -0.25) is 4.79 Å². The van der Waals surface area contributed by atoms with E-state index < -0.39 is 0 Å². The first-order valence-electron chi connectivity index (χ1n) is 7.39. The van der Waals surface area contributed by atoms with Crippen molar-refractivity contribution in [3.8, 4) is 0 Å². The summed E-state index contributed by atoms with van der Waals surface area (Å²) in [7, 11) is 2.83. The van der Waals surface area contributed by atoms with E-state index in [2.05, 4.69) is 0 Å². The highest BCUT2D eigenvalue weighted by atomic mass is 16.5. The number of ether oxygens (including phenoxy) is 2. The largest absolute Gasteiger partial charge is 0.469 e. The number of esters is 2. The molecule has 0 spiro atoms. The van der Waals surface area contributed by atoms with Gasteiger partial charge in [0.15, 0.2) is 0 Å². The van der Waals surface area contributed by atoms with Crippen LogP contribution >= 0.6 is 0 Å². The molecule has 0 aromatic heterocycles. The number of benzene rings is 1. The molecule has 0 radical (unpaired) electrons. The van der Waals surface area contributed by atoms with Crippen LogP contribution in [0.1, 0.15) is 53.9 Å². The first kappa shape index (κ1) is 15.5. The second kappa shape index (κ2) is 7.25. The molecule has 4 heteroatoms. The van der Waals surface area contributed by atoms with Gasteiger partial charge >= 0.3 is 11.9 Å². The second-order valence-corrected chi connectivity index (χ2v) is 5.61. The highest BCUT2D eigenvalue weighted by Gasteiger charge is 2.24. The van der Waals surface area contributed by atoms with Gasteiger partial charge in [-0.1, -0.05) is 12.1 Å². The van der Waals surface area contributed by atoms with E-state index >= 15 is 0 Å². The van der Waals surface area contributed by atoms with Crippen molar-refractivity contribution in [2.75, 3.05) is 14.2 Å². The van der Waals surface area contributed by atoms with Crippen molar-refractivity contribution < 1.29 is 19.1 Å². The van der Waals surface area contributed by atoms with Gasteiger partial charge in [0.05, 0.1) is 19.8 Å². The van der Waals surface area contributed by atoms with Crippen LogP contribution in [0.4, 0.5) is 0 Å². The molecule has 114 valence electrons. The second-order valence-electron chi connectivity index (χ2n) is 5.61. The summed E-state index contributed by atoms with van der Waals surface area (Å²) in [5.41, 5.74) is 1.85. The van der Waals surface area contributed by atoms with Crippen molar-refractivity contribution in [2.45, 2.75) is 38.0 Å². The fraction of sp³-hybridized carbons (Fsp3) is 0.529. The molecule has 0 N–H and O–H groups in total. The molecule has 0 unspecified atom stereocenters. The Kier molecular flexibility index (Phi) is 5.37. The van der Waals surface area contributed by atoms with Crippen LogP contribution < -0.4 is 0 Å². The molecule has 0 atom stereocenters. The van der Waals surface area contributed by atoms with Crippen LogP contribution in [-0.2, 0) is 14.3 Å². The fourth-order valence-corrected chi connectivity index (χ4v) is 3.03. The van der Waals surface area contributed by atoms with Gasteiger partial charge in [0.2, 0.25) is 0 Å². The predicted molar refractivity (Wildman–Crippen MR) is 79.1 cm³/mol. The Balaban J connectivity index is 1.90. The number of hydrogen-bond acceptors (Lipinski definition) is 4. The van der Waals surface area contributed by atoms with Crippen LogP contribution in [0.2, 0.25) is 0 Å². The fourth-order valence-electron chi connectivity index (χ4n) is 3.03. The molecule has 0 saturated heterocycles. The molecular weight excluding hydrogens is 268 g/mol. The number of methoxy groups -OCH3 is 2. The minimum absolute atomic E-state index is 0.110. The number of rotatable bonds is 4. The van der Waals surface area contributed by atoms with E-state index in [1.54, 1.807) is 0 Å². The lowest BCUT2D eigenvalue weighted by Crippen LogP contribution is -2.17. The zero-order valence-electron chi connectivity index (χ0n) is 12.6. The summed E-state index contributed by atoms with van der Waals surface area (Å²) in [6.07, 6.45) is 4.81. The topological polar surface area (TPSA) is 52.6 Å². The molecule has 21 heavy (non-hydrogen) atoms. The van der Waals surface area contributed by atoms with Crippen molar-refractivity contribution in [3.63, 3.8) is 0 Å². The normalized spacial score (nSPS) is 21.6. The quantitative estimate of drug-likeness (QED) is 0.798. The standard InChI is InChI=1S/C17H22O4/c1-20-16(18)11-12-3-5-13(6-4-12)14-7-9-15(10-8-14)17(19)21-2/h7-10,12-13H,3-6,11H2,1-2H3. The van der Waals surface area contributed by atoms with Crippen molar-refractivity contribution >= 4 is 11.9 Å².